The fourth-order valence-electron chi connectivity index (χ4n) is 2.73. The van der Waals surface area contributed by atoms with Crippen LogP contribution in [-0.4, -0.2) is 34.1 Å². The van der Waals surface area contributed by atoms with Gasteiger partial charge in [-0.05, 0) is 41.6 Å². The predicted octanol–water partition coefficient (Wildman–Crippen LogP) is 1.20. The molecule has 1 saturated heterocycles. The largest absolute Gasteiger partial charge is 0.406 e. The molecule has 0 saturated carbocycles. The second-order valence-electron chi connectivity index (χ2n) is 5.13. The molecule has 2 heterocycles. The lowest BCUT2D eigenvalue weighted by molar-refractivity contribution is -0.388. The Balaban J connectivity index is 2.17. The van der Waals surface area contributed by atoms with Crippen LogP contribution in [-0.2, 0) is 7.05 Å². The second-order valence-corrected chi connectivity index (χ2v) is 5.13. The summed E-state index contributed by atoms with van der Waals surface area (Å²) < 4.78 is 1.81. The monoisotopic (exact) mass is 267 g/mol. The summed E-state index contributed by atoms with van der Waals surface area (Å²) in [6, 6.07) is 0. The topological polar surface area (TPSA) is 90.2 Å². The van der Waals surface area contributed by atoms with Crippen LogP contribution in [0, 0.1) is 23.0 Å². The van der Waals surface area contributed by atoms with Gasteiger partial charge in [0.05, 0.1) is 0 Å². The summed E-state index contributed by atoms with van der Waals surface area (Å²) in [5.41, 5.74) is 5.58. The molecule has 106 valence electrons. The molecule has 0 amide bonds. The van der Waals surface area contributed by atoms with E-state index >= 15 is 0 Å². The van der Waals surface area contributed by atoms with Crippen molar-refractivity contribution in [3.8, 4) is 0 Å². The molecule has 1 aromatic heterocycles. The minimum atomic E-state index is -0.395. The molecular formula is C12H21N5O2. The lowest BCUT2D eigenvalue weighted by Gasteiger charge is -2.32. The first-order chi connectivity index (χ1) is 9.04. The van der Waals surface area contributed by atoms with Gasteiger partial charge in [0.2, 0.25) is 11.6 Å². The number of nitrogens with two attached hydrogens (primary N) is 1. The van der Waals surface area contributed by atoms with Crippen molar-refractivity contribution in [1.82, 2.24) is 9.55 Å². The van der Waals surface area contributed by atoms with E-state index in [-0.39, 0.29) is 5.82 Å². The van der Waals surface area contributed by atoms with E-state index in [1.807, 2.05) is 7.05 Å². The normalized spacial score (nSPS) is 16.9. The number of aromatic nitrogens is 2. The standard InChI is InChI=1S/C12H21N5O2/c1-9-14-11(17(18)19)12(15(9)2)16-7-4-10(3-6-13)5-8-16/h10H,3-8,13H2,1-2H3. The van der Waals surface area contributed by atoms with Crippen molar-refractivity contribution < 1.29 is 4.92 Å². The van der Waals surface area contributed by atoms with Crippen LogP contribution in [0.1, 0.15) is 25.1 Å². The van der Waals surface area contributed by atoms with Crippen LogP contribution in [0.25, 0.3) is 0 Å². The highest BCUT2D eigenvalue weighted by Gasteiger charge is 2.30. The zero-order chi connectivity index (χ0) is 14.0. The molecule has 1 fully saturated rings. The average Bonchev–Trinajstić information content (AvgIpc) is 2.68. The van der Waals surface area contributed by atoms with Crippen LogP contribution in [0.4, 0.5) is 11.6 Å². The lowest BCUT2D eigenvalue weighted by atomic mass is 9.94. The van der Waals surface area contributed by atoms with Crippen LogP contribution in [0.2, 0.25) is 0 Å². The molecule has 7 nitrogen and oxygen atoms in total. The third-order valence-electron chi connectivity index (χ3n) is 3.93. The summed E-state index contributed by atoms with van der Waals surface area (Å²) in [7, 11) is 1.83. The molecule has 0 aromatic carbocycles. The fourth-order valence-corrected chi connectivity index (χ4v) is 2.73. The smallest absolute Gasteiger partial charge is 0.358 e. The van der Waals surface area contributed by atoms with Gasteiger partial charge in [0, 0.05) is 27.1 Å². The summed E-state index contributed by atoms with van der Waals surface area (Å²) in [5, 5.41) is 11.1. The number of hydrogen-bond donors (Lipinski definition) is 1. The molecule has 1 aliphatic heterocycles. The van der Waals surface area contributed by atoms with E-state index in [1.165, 1.54) is 0 Å². The van der Waals surface area contributed by atoms with Crippen molar-refractivity contribution >= 4 is 11.6 Å². The molecule has 0 radical (unpaired) electrons. The summed E-state index contributed by atoms with van der Waals surface area (Å²) >= 11 is 0. The lowest BCUT2D eigenvalue weighted by Crippen LogP contribution is -2.35. The molecule has 0 unspecified atom stereocenters. The van der Waals surface area contributed by atoms with Gasteiger partial charge in [-0.3, -0.25) is 4.57 Å². The van der Waals surface area contributed by atoms with E-state index in [0.29, 0.717) is 17.6 Å². The highest BCUT2D eigenvalue weighted by Crippen LogP contribution is 2.31. The summed E-state index contributed by atoms with van der Waals surface area (Å²) in [4.78, 5) is 16.8. The molecule has 0 aliphatic carbocycles. The van der Waals surface area contributed by atoms with Crippen LogP contribution in [0.3, 0.4) is 0 Å². The van der Waals surface area contributed by atoms with Gasteiger partial charge in [-0.2, -0.15) is 0 Å². The van der Waals surface area contributed by atoms with Gasteiger partial charge in [-0.25, -0.2) is 0 Å². The van der Waals surface area contributed by atoms with E-state index in [9.17, 15) is 10.1 Å². The molecule has 0 spiro atoms. The zero-order valence-electron chi connectivity index (χ0n) is 11.5. The maximum absolute atomic E-state index is 11.1. The number of rotatable bonds is 4. The highest BCUT2D eigenvalue weighted by molar-refractivity contribution is 5.56. The van der Waals surface area contributed by atoms with E-state index in [4.69, 9.17) is 5.73 Å². The first kappa shape index (κ1) is 13.8. The Kier molecular flexibility index (Phi) is 4.04. The number of anilines is 1. The van der Waals surface area contributed by atoms with Gasteiger partial charge < -0.3 is 20.7 Å². The predicted molar refractivity (Wildman–Crippen MR) is 73.2 cm³/mol. The number of nitro groups is 1. The first-order valence-corrected chi connectivity index (χ1v) is 6.67. The fraction of sp³-hybridized carbons (Fsp3) is 0.750. The summed E-state index contributed by atoms with van der Waals surface area (Å²) in [6.07, 6.45) is 3.12. The quantitative estimate of drug-likeness (QED) is 0.654. The minimum absolute atomic E-state index is 0.0303. The molecule has 2 N–H and O–H groups in total. The van der Waals surface area contributed by atoms with E-state index in [0.717, 1.165) is 38.9 Å². The van der Waals surface area contributed by atoms with Crippen molar-refractivity contribution in [3.05, 3.63) is 15.9 Å². The average molecular weight is 267 g/mol. The Labute approximate surface area is 112 Å². The van der Waals surface area contributed by atoms with Crippen molar-refractivity contribution in [2.75, 3.05) is 24.5 Å². The third kappa shape index (κ3) is 2.70. The Morgan fingerprint density at radius 1 is 1.47 bits per heavy atom. The number of imidazole rings is 1. The van der Waals surface area contributed by atoms with Gasteiger partial charge in [0.1, 0.15) is 0 Å². The Morgan fingerprint density at radius 2 is 2.11 bits per heavy atom. The number of piperidine rings is 1. The molecule has 1 aliphatic rings. The van der Waals surface area contributed by atoms with Crippen LogP contribution in [0.5, 0.6) is 0 Å². The maximum atomic E-state index is 11.1. The van der Waals surface area contributed by atoms with Gasteiger partial charge in [-0.15, -0.1) is 0 Å². The van der Waals surface area contributed by atoms with Gasteiger partial charge >= 0.3 is 5.82 Å². The van der Waals surface area contributed by atoms with E-state index < -0.39 is 4.92 Å². The Hall–Kier alpha value is -1.63. The molecular weight excluding hydrogens is 246 g/mol. The molecule has 2 rings (SSSR count). The van der Waals surface area contributed by atoms with Crippen LogP contribution >= 0.6 is 0 Å². The maximum Gasteiger partial charge on any atom is 0.406 e. The molecule has 0 atom stereocenters. The van der Waals surface area contributed by atoms with Crippen LogP contribution in [0.15, 0.2) is 0 Å². The van der Waals surface area contributed by atoms with Crippen molar-refractivity contribution in [2.45, 2.75) is 26.2 Å². The highest BCUT2D eigenvalue weighted by atomic mass is 16.6. The second kappa shape index (κ2) is 5.56. The van der Waals surface area contributed by atoms with Gasteiger partial charge in [-0.1, -0.05) is 0 Å². The number of aryl methyl sites for hydroxylation is 1. The molecule has 7 heteroatoms. The minimum Gasteiger partial charge on any atom is -0.358 e. The number of nitrogens with zero attached hydrogens (tertiary/aromatic N) is 4. The summed E-state index contributed by atoms with van der Waals surface area (Å²) in [5.74, 6) is 1.92. The first-order valence-electron chi connectivity index (χ1n) is 6.67. The van der Waals surface area contributed by atoms with Crippen LogP contribution < -0.4 is 10.6 Å². The molecule has 0 bridgehead atoms. The van der Waals surface area contributed by atoms with Crippen molar-refractivity contribution in [3.63, 3.8) is 0 Å². The molecule has 19 heavy (non-hydrogen) atoms. The van der Waals surface area contributed by atoms with Crippen molar-refractivity contribution in [2.24, 2.45) is 18.7 Å². The zero-order valence-corrected chi connectivity index (χ0v) is 11.5. The van der Waals surface area contributed by atoms with E-state index in [1.54, 1.807) is 11.5 Å². The van der Waals surface area contributed by atoms with Gasteiger partial charge in [0.15, 0.2) is 0 Å². The van der Waals surface area contributed by atoms with E-state index in [2.05, 4.69) is 9.88 Å². The Morgan fingerprint density at radius 3 is 2.63 bits per heavy atom. The SMILES string of the molecule is Cc1nc([N+](=O)[O-])c(N2CCC(CCN)CC2)n1C. The molecule has 1 aromatic rings. The summed E-state index contributed by atoms with van der Waals surface area (Å²) in [6.45, 7) is 4.18. The Bertz CT molecular complexity index is 463. The number of hydrogen-bond acceptors (Lipinski definition) is 5. The van der Waals surface area contributed by atoms with Crippen molar-refractivity contribution in [1.29, 1.82) is 0 Å². The van der Waals surface area contributed by atoms with Gasteiger partial charge in [0.25, 0.3) is 0 Å². The third-order valence-corrected chi connectivity index (χ3v) is 3.93.